The summed E-state index contributed by atoms with van der Waals surface area (Å²) in [5, 5.41) is 11.7. The van der Waals surface area contributed by atoms with Crippen LogP contribution in [0.4, 0.5) is 5.69 Å². The lowest BCUT2D eigenvalue weighted by molar-refractivity contribution is 0.0946. The predicted octanol–water partition coefficient (Wildman–Crippen LogP) is 3.08. The first kappa shape index (κ1) is 17.7. The van der Waals surface area contributed by atoms with E-state index in [2.05, 4.69) is 29.0 Å². The zero-order valence-corrected chi connectivity index (χ0v) is 15.0. The Balaban J connectivity index is 1.85. The number of pyridine rings is 1. The van der Waals surface area contributed by atoms with E-state index in [1.54, 1.807) is 18.5 Å². The van der Waals surface area contributed by atoms with Crippen molar-refractivity contribution in [2.24, 2.45) is 0 Å². The van der Waals surface area contributed by atoms with E-state index in [-0.39, 0.29) is 17.0 Å². The van der Waals surface area contributed by atoms with Gasteiger partial charge in [-0.2, -0.15) is 0 Å². The van der Waals surface area contributed by atoms with Crippen molar-refractivity contribution in [2.75, 3.05) is 18.0 Å². The van der Waals surface area contributed by atoms with E-state index in [1.807, 2.05) is 30.3 Å². The number of amides is 1. The fourth-order valence-electron chi connectivity index (χ4n) is 2.85. The Bertz CT molecular complexity index is 962. The van der Waals surface area contributed by atoms with Gasteiger partial charge in [-0.25, -0.2) is 0 Å². The van der Waals surface area contributed by atoms with E-state index < -0.39 is 0 Å². The maximum absolute atomic E-state index is 12.4. The molecule has 2 heterocycles. The molecule has 0 bridgehead atoms. The molecule has 0 saturated carbocycles. The highest BCUT2D eigenvalue weighted by Gasteiger charge is 2.12. The number of benzene rings is 1. The minimum atomic E-state index is -0.328. The number of aromatic nitrogens is 1. The van der Waals surface area contributed by atoms with Crippen LogP contribution in [0.3, 0.4) is 0 Å². The molecular formula is C20H22N4O2. The van der Waals surface area contributed by atoms with E-state index in [0.717, 1.165) is 29.7 Å². The summed E-state index contributed by atoms with van der Waals surface area (Å²) in [6.07, 6.45) is 3.35. The standard InChI is InChI=1S/C20H22N4O2/c1-3-24(4-2)16-6-5-15-11-17(19(21)26-18(15)12-16)20(25)23-13-14-7-9-22-10-8-14/h5-12,21H,3-4,13H2,1-2H3,(H,23,25). The molecule has 0 atom stereocenters. The zero-order valence-electron chi connectivity index (χ0n) is 15.0. The lowest BCUT2D eigenvalue weighted by Crippen LogP contribution is -2.28. The number of fused-ring (bicyclic) bond motifs is 1. The number of nitrogens with one attached hydrogen (secondary N) is 2. The zero-order chi connectivity index (χ0) is 18.5. The molecule has 2 N–H and O–H groups in total. The highest BCUT2D eigenvalue weighted by atomic mass is 16.3. The van der Waals surface area contributed by atoms with Crippen LogP contribution < -0.4 is 15.8 Å². The molecule has 3 aromatic rings. The smallest absolute Gasteiger partial charge is 0.257 e. The van der Waals surface area contributed by atoms with Crippen molar-refractivity contribution in [2.45, 2.75) is 20.4 Å². The molecule has 0 saturated heterocycles. The van der Waals surface area contributed by atoms with Crippen molar-refractivity contribution in [3.05, 3.63) is 65.5 Å². The van der Waals surface area contributed by atoms with Crippen molar-refractivity contribution >= 4 is 22.6 Å². The largest absolute Gasteiger partial charge is 0.438 e. The third-order valence-electron chi connectivity index (χ3n) is 4.33. The summed E-state index contributed by atoms with van der Waals surface area (Å²) >= 11 is 0. The third kappa shape index (κ3) is 3.74. The third-order valence-corrected chi connectivity index (χ3v) is 4.33. The van der Waals surface area contributed by atoms with Crippen molar-refractivity contribution < 1.29 is 9.21 Å². The van der Waals surface area contributed by atoms with Gasteiger partial charge in [0.1, 0.15) is 11.1 Å². The van der Waals surface area contributed by atoms with Crippen LogP contribution in [-0.4, -0.2) is 24.0 Å². The number of nitrogens with zero attached hydrogens (tertiary/aromatic N) is 2. The van der Waals surface area contributed by atoms with E-state index >= 15 is 0 Å². The summed E-state index contributed by atoms with van der Waals surface area (Å²) in [7, 11) is 0. The summed E-state index contributed by atoms with van der Waals surface area (Å²) in [5.74, 6) is -0.328. The molecule has 0 radical (unpaired) electrons. The van der Waals surface area contributed by atoms with E-state index in [9.17, 15) is 4.79 Å². The predicted molar refractivity (Wildman–Crippen MR) is 101 cm³/mol. The van der Waals surface area contributed by atoms with Gasteiger partial charge in [0.25, 0.3) is 5.91 Å². The second-order valence-corrected chi connectivity index (χ2v) is 5.92. The minimum absolute atomic E-state index is 0.138. The van der Waals surface area contributed by atoms with Crippen molar-refractivity contribution in [3.8, 4) is 0 Å². The first-order valence-electron chi connectivity index (χ1n) is 8.67. The molecule has 0 fully saturated rings. The Hall–Kier alpha value is -3.15. The quantitative estimate of drug-likeness (QED) is 0.716. The van der Waals surface area contributed by atoms with Gasteiger partial charge >= 0.3 is 0 Å². The molecule has 1 amide bonds. The molecule has 3 rings (SSSR count). The molecule has 0 aliphatic rings. The summed E-state index contributed by atoms with van der Waals surface area (Å²) in [4.78, 5) is 18.6. The Labute approximate surface area is 152 Å². The van der Waals surface area contributed by atoms with Gasteiger partial charge in [-0.1, -0.05) is 0 Å². The van der Waals surface area contributed by atoms with Gasteiger partial charge in [0.2, 0.25) is 5.55 Å². The molecule has 134 valence electrons. The van der Waals surface area contributed by atoms with Gasteiger partial charge in [-0.3, -0.25) is 15.2 Å². The minimum Gasteiger partial charge on any atom is -0.438 e. The molecule has 0 spiro atoms. The lowest BCUT2D eigenvalue weighted by Gasteiger charge is -2.21. The molecular weight excluding hydrogens is 328 g/mol. The monoisotopic (exact) mass is 350 g/mol. The van der Waals surface area contributed by atoms with Crippen LogP contribution in [0.1, 0.15) is 29.8 Å². The number of hydrogen-bond donors (Lipinski definition) is 2. The van der Waals surface area contributed by atoms with Gasteiger partial charge in [0.05, 0.1) is 0 Å². The molecule has 0 unspecified atom stereocenters. The molecule has 2 aromatic heterocycles. The Kier molecular flexibility index (Phi) is 5.31. The van der Waals surface area contributed by atoms with Crippen LogP contribution in [-0.2, 0) is 6.54 Å². The molecule has 6 heteroatoms. The van der Waals surface area contributed by atoms with Crippen molar-refractivity contribution in [3.63, 3.8) is 0 Å². The second-order valence-electron chi connectivity index (χ2n) is 5.92. The van der Waals surface area contributed by atoms with E-state index in [0.29, 0.717) is 12.1 Å². The number of hydrogen-bond acceptors (Lipinski definition) is 5. The van der Waals surface area contributed by atoms with Crippen molar-refractivity contribution in [1.82, 2.24) is 10.3 Å². The number of carbonyl (C=O) groups is 1. The molecule has 0 aliphatic heterocycles. The van der Waals surface area contributed by atoms with Gasteiger partial charge in [0.15, 0.2) is 0 Å². The first-order chi connectivity index (χ1) is 12.6. The highest BCUT2D eigenvalue weighted by Crippen LogP contribution is 2.21. The Morgan fingerprint density at radius 2 is 1.88 bits per heavy atom. The van der Waals surface area contributed by atoms with Crippen LogP contribution in [0.2, 0.25) is 0 Å². The Morgan fingerprint density at radius 1 is 1.15 bits per heavy atom. The summed E-state index contributed by atoms with van der Waals surface area (Å²) in [6, 6.07) is 11.2. The van der Waals surface area contributed by atoms with Crippen LogP contribution in [0.5, 0.6) is 0 Å². The molecule has 0 aliphatic carbocycles. The topological polar surface area (TPSA) is 82.2 Å². The summed E-state index contributed by atoms with van der Waals surface area (Å²) in [6.45, 7) is 6.35. The lowest BCUT2D eigenvalue weighted by atomic mass is 10.1. The number of rotatable bonds is 6. The van der Waals surface area contributed by atoms with Crippen molar-refractivity contribution in [1.29, 1.82) is 5.41 Å². The van der Waals surface area contributed by atoms with Gasteiger partial charge in [0, 0.05) is 49.2 Å². The maximum atomic E-state index is 12.4. The second kappa shape index (κ2) is 7.82. The molecule has 26 heavy (non-hydrogen) atoms. The fourth-order valence-corrected chi connectivity index (χ4v) is 2.85. The Morgan fingerprint density at radius 3 is 2.58 bits per heavy atom. The van der Waals surface area contributed by atoms with E-state index in [1.165, 1.54) is 0 Å². The highest BCUT2D eigenvalue weighted by molar-refractivity contribution is 5.96. The van der Waals surface area contributed by atoms with Gasteiger partial charge < -0.3 is 14.6 Å². The van der Waals surface area contributed by atoms with Gasteiger partial charge in [-0.05, 0) is 49.7 Å². The molecule has 1 aromatic carbocycles. The van der Waals surface area contributed by atoms with Crippen LogP contribution in [0.25, 0.3) is 11.0 Å². The summed E-state index contributed by atoms with van der Waals surface area (Å²) in [5.41, 5.74) is 2.68. The average molecular weight is 350 g/mol. The van der Waals surface area contributed by atoms with E-state index in [4.69, 9.17) is 9.83 Å². The molecule has 6 nitrogen and oxygen atoms in total. The van der Waals surface area contributed by atoms with Crippen LogP contribution in [0, 0.1) is 5.41 Å². The fraction of sp³-hybridized carbons (Fsp3) is 0.250. The SMILES string of the molecule is CCN(CC)c1ccc2cc(C(=O)NCc3ccncc3)c(=N)oc2c1. The number of anilines is 1. The number of carbonyl (C=O) groups excluding carboxylic acids is 1. The van der Waals surface area contributed by atoms with Gasteiger partial charge in [-0.15, -0.1) is 0 Å². The normalized spacial score (nSPS) is 10.7. The first-order valence-corrected chi connectivity index (χ1v) is 8.67. The average Bonchev–Trinajstić information content (AvgIpc) is 2.67. The summed E-state index contributed by atoms with van der Waals surface area (Å²) < 4.78 is 5.61. The van der Waals surface area contributed by atoms with Crippen LogP contribution >= 0.6 is 0 Å². The maximum Gasteiger partial charge on any atom is 0.257 e. The van der Waals surface area contributed by atoms with Crippen LogP contribution in [0.15, 0.2) is 53.2 Å².